The van der Waals surface area contributed by atoms with Crippen molar-refractivity contribution in [3.63, 3.8) is 0 Å². The Hall–Kier alpha value is -3.39. The van der Waals surface area contributed by atoms with Crippen LogP contribution in [0.15, 0.2) is 53.9 Å². The van der Waals surface area contributed by atoms with Crippen molar-refractivity contribution in [2.24, 2.45) is 0 Å². The number of carbonyl (C=O) groups excluding carboxylic acids is 2. The lowest BCUT2D eigenvalue weighted by molar-refractivity contribution is -0.121. The number of aromatic hydroxyl groups is 1. The second-order valence-corrected chi connectivity index (χ2v) is 6.63. The van der Waals surface area contributed by atoms with Gasteiger partial charge >= 0.3 is 0 Å². The average Bonchev–Trinajstić information content (AvgIpc) is 3.15. The molecular weight excluding hydrogens is 378 g/mol. The van der Waals surface area contributed by atoms with E-state index in [0.717, 1.165) is 16.3 Å². The van der Waals surface area contributed by atoms with Crippen LogP contribution in [-0.4, -0.2) is 28.5 Å². The molecule has 0 saturated carbocycles. The predicted octanol–water partition coefficient (Wildman–Crippen LogP) is 2.92. The quantitative estimate of drug-likeness (QED) is 0.555. The van der Waals surface area contributed by atoms with E-state index < -0.39 is 11.8 Å². The summed E-state index contributed by atoms with van der Waals surface area (Å²) in [6, 6.07) is 13.7. The van der Waals surface area contributed by atoms with Gasteiger partial charge in [-0.15, -0.1) is 11.3 Å². The lowest BCUT2D eigenvalue weighted by Gasteiger charge is -2.08. The van der Waals surface area contributed by atoms with Crippen LogP contribution < -0.4 is 15.6 Å². The van der Waals surface area contributed by atoms with Crippen LogP contribution in [0.25, 0.3) is 10.6 Å². The molecule has 3 N–H and O–H groups in total. The molecule has 1 heterocycles. The number of rotatable bonds is 6. The molecule has 0 fully saturated rings. The largest absolute Gasteiger partial charge is 0.507 e. The van der Waals surface area contributed by atoms with E-state index in [-0.39, 0.29) is 17.7 Å². The van der Waals surface area contributed by atoms with Crippen molar-refractivity contribution < 1.29 is 19.4 Å². The number of phenolic OH excluding ortho intramolecular Hbond substituents is 1. The second-order valence-electron chi connectivity index (χ2n) is 5.77. The Labute approximate surface area is 166 Å². The molecule has 3 aromatic rings. The number of benzene rings is 2. The SMILES string of the molecule is CCOc1ccccc1-c1nc(CC(=O)NNC(=O)c2ccccc2O)cs1. The van der Waals surface area contributed by atoms with Crippen molar-refractivity contribution in [3.8, 4) is 22.1 Å². The monoisotopic (exact) mass is 397 g/mol. The maximum Gasteiger partial charge on any atom is 0.273 e. The molecule has 0 spiro atoms. The van der Waals surface area contributed by atoms with E-state index in [2.05, 4.69) is 15.8 Å². The van der Waals surface area contributed by atoms with Crippen LogP contribution in [0, 0.1) is 0 Å². The molecule has 0 atom stereocenters. The lowest BCUT2D eigenvalue weighted by atomic mass is 10.2. The fraction of sp³-hybridized carbons (Fsp3) is 0.150. The highest BCUT2D eigenvalue weighted by Crippen LogP contribution is 2.32. The Balaban J connectivity index is 1.60. The third kappa shape index (κ3) is 4.66. The average molecular weight is 397 g/mol. The topological polar surface area (TPSA) is 101 Å². The van der Waals surface area contributed by atoms with Crippen LogP contribution in [0.1, 0.15) is 23.0 Å². The zero-order valence-corrected chi connectivity index (χ0v) is 16.0. The minimum atomic E-state index is -0.601. The maximum absolute atomic E-state index is 12.1. The van der Waals surface area contributed by atoms with E-state index in [1.165, 1.54) is 23.5 Å². The number of thiazole rings is 1. The van der Waals surface area contributed by atoms with Gasteiger partial charge in [0.25, 0.3) is 5.91 Å². The van der Waals surface area contributed by atoms with E-state index >= 15 is 0 Å². The van der Waals surface area contributed by atoms with Crippen molar-refractivity contribution >= 4 is 23.2 Å². The Bertz CT molecular complexity index is 987. The number of ether oxygens (including phenoxy) is 1. The molecule has 0 aliphatic carbocycles. The minimum absolute atomic E-state index is 0.00829. The summed E-state index contributed by atoms with van der Waals surface area (Å²) >= 11 is 1.42. The van der Waals surface area contributed by atoms with Gasteiger partial charge < -0.3 is 9.84 Å². The summed E-state index contributed by atoms with van der Waals surface area (Å²) in [5, 5.41) is 12.2. The molecule has 3 rings (SSSR count). The second kappa shape index (κ2) is 9.01. The van der Waals surface area contributed by atoms with E-state index in [0.29, 0.717) is 12.3 Å². The summed E-state index contributed by atoms with van der Waals surface area (Å²) in [5.74, 6) is -0.439. The number of aromatic nitrogens is 1. The maximum atomic E-state index is 12.1. The summed E-state index contributed by atoms with van der Waals surface area (Å²) < 4.78 is 5.62. The number of phenols is 1. The molecular formula is C20H19N3O4S. The van der Waals surface area contributed by atoms with Crippen molar-refractivity contribution in [2.45, 2.75) is 13.3 Å². The first-order valence-electron chi connectivity index (χ1n) is 8.62. The zero-order chi connectivity index (χ0) is 19.9. The molecule has 7 nitrogen and oxygen atoms in total. The fourth-order valence-corrected chi connectivity index (χ4v) is 3.35. The van der Waals surface area contributed by atoms with Crippen LogP contribution in [0.3, 0.4) is 0 Å². The van der Waals surface area contributed by atoms with Gasteiger partial charge in [-0.25, -0.2) is 4.98 Å². The lowest BCUT2D eigenvalue weighted by Crippen LogP contribution is -2.42. The van der Waals surface area contributed by atoms with Gasteiger partial charge in [-0.2, -0.15) is 0 Å². The molecule has 0 radical (unpaired) electrons. The smallest absolute Gasteiger partial charge is 0.273 e. The molecule has 8 heteroatoms. The van der Waals surface area contributed by atoms with E-state index in [1.807, 2.05) is 31.2 Å². The number of para-hydroxylation sites is 2. The molecule has 0 unspecified atom stereocenters. The summed E-state index contributed by atoms with van der Waals surface area (Å²) in [6.07, 6.45) is 0.00829. The highest BCUT2D eigenvalue weighted by molar-refractivity contribution is 7.13. The number of amides is 2. The van der Waals surface area contributed by atoms with E-state index in [1.54, 1.807) is 17.5 Å². The van der Waals surface area contributed by atoms with Crippen molar-refractivity contribution in [1.82, 2.24) is 15.8 Å². The van der Waals surface area contributed by atoms with Crippen LogP contribution >= 0.6 is 11.3 Å². The number of nitrogens with one attached hydrogen (secondary N) is 2. The molecule has 1 aromatic heterocycles. The van der Waals surface area contributed by atoms with Crippen molar-refractivity contribution in [2.75, 3.05) is 6.61 Å². The first-order valence-corrected chi connectivity index (χ1v) is 9.50. The van der Waals surface area contributed by atoms with Crippen LogP contribution in [0.2, 0.25) is 0 Å². The standard InChI is InChI=1S/C20H19N3O4S/c1-2-27-17-10-6-4-8-15(17)20-21-13(12-28-20)11-18(25)22-23-19(26)14-7-3-5-9-16(14)24/h3-10,12,24H,2,11H2,1H3,(H,22,25)(H,23,26). The third-order valence-electron chi connectivity index (χ3n) is 3.77. The number of hydrogen-bond donors (Lipinski definition) is 3. The first-order chi connectivity index (χ1) is 13.6. The summed E-state index contributed by atoms with van der Waals surface area (Å²) in [6.45, 7) is 2.46. The van der Waals surface area contributed by atoms with Crippen molar-refractivity contribution in [3.05, 3.63) is 65.2 Å². The van der Waals surface area contributed by atoms with Crippen molar-refractivity contribution in [1.29, 1.82) is 0 Å². The highest BCUT2D eigenvalue weighted by Gasteiger charge is 2.14. The number of hydrogen-bond acceptors (Lipinski definition) is 6. The van der Waals surface area contributed by atoms with Gasteiger partial charge in [-0.1, -0.05) is 24.3 Å². The van der Waals surface area contributed by atoms with Gasteiger partial charge in [-0.3, -0.25) is 20.4 Å². The van der Waals surface area contributed by atoms with E-state index in [9.17, 15) is 14.7 Å². The number of hydrazine groups is 1. The minimum Gasteiger partial charge on any atom is -0.507 e. The molecule has 0 aliphatic heterocycles. The Morgan fingerprint density at radius 1 is 1.11 bits per heavy atom. The Morgan fingerprint density at radius 2 is 1.86 bits per heavy atom. The van der Waals surface area contributed by atoms with Crippen LogP contribution in [0.5, 0.6) is 11.5 Å². The van der Waals surface area contributed by atoms with Gasteiger partial charge in [0, 0.05) is 5.38 Å². The molecule has 0 bridgehead atoms. The fourth-order valence-electron chi connectivity index (χ4n) is 2.50. The predicted molar refractivity (Wildman–Crippen MR) is 106 cm³/mol. The summed E-state index contributed by atoms with van der Waals surface area (Å²) in [4.78, 5) is 28.6. The molecule has 144 valence electrons. The summed E-state index contributed by atoms with van der Waals surface area (Å²) in [5.41, 5.74) is 6.14. The first kappa shape index (κ1) is 19.4. The molecule has 2 aromatic carbocycles. The van der Waals surface area contributed by atoms with Gasteiger partial charge in [0.15, 0.2) is 0 Å². The Morgan fingerprint density at radius 3 is 2.64 bits per heavy atom. The van der Waals surface area contributed by atoms with Gasteiger partial charge in [0.05, 0.1) is 29.8 Å². The Kier molecular flexibility index (Phi) is 6.23. The van der Waals surface area contributed by atoms with Gasteiger partial charge in [0.1, 0.15) is 16.5 Å². The van der Waals surface area contributed by atoms with Crippen LogP contribution in [0.4, 0.5) is 0 Å². The number of nitrogens with zero attached hydrogens (tertiary/aromatic N) is 1. The third-order valence-corrected chi connectivity index (χ3v) is 4.70. The van der Waals surface area contributed by atoms with E-state index in [4.69, 9.17) is 4.74 Å². The normalized spacial score (nSPS) is 10.3. The molecule has 0 aliphatic rings. The zero-order valence-electron chi connectivity index (χ0n) is 15.1. The number of carbonyl (C=O) groups is 2. The van der Waals surface area contributed by atoms with Gasteiger partial charge in [0.2, 0.25) is 5.91 Å². The van der Waals surface area contributed by atoms with Crippen LogP contribution in [-0.2, 0) is 11.2 Å². The molecule has 2 amide bonds. The summed E-state index contributed by atoms with van der Waals surface area (Å²) in [7, 11) is 0. The molecule has 28 heavy (non-hydrogen) atoms. The van der Waals surface area contributed by atoms with Gasteiger partial charge in [-0.05, 0) is 31.2 Å². The highest BCUT2D eigenvalue weighted by atomic mass is 32.1. The molecule has 0 saturated heterocycles.